The zero-order valence-electron chi connectivity index (χ0n) is 17.4. The second kappa shape index (κ2) is 9.87. The molecule has 0 spiro atoms. The molecular weight excluding hydrogens is 388 g/mol. The van der Waals surface area contributed by atoms with Crippen molar-refractivity contribution in [2.45, 2.75) is 33.2 Å². The predicted molar refractivity (Wildman–Crippen MR) is 117 cm³/mol. The van der Waals surface area contributed by atoms with Gasteiger partial charge in [0.25, 0.3) is 0 Å². The van der Waals surface area contributed by atoms with Gasteiger partial charge in [-0.2, -0.15) is 0 Å². The van der Waals surface area contributed by atoms with Gasteiger partial charge in [-0.1, -0.05) is 5.16 Å². The van der Waals surface area contributed by atoms with E-state index in [1.807, 2.05) is 38.3 Å². The Balaban J connectivity index is 1.93. The molecule has 29 heavy (non-hydrogen) atoms. The smallest absolute Gasteiger partial charge is 0.182 e. The summed E-state index contributed by atoms with van der Waals surface area (Å²) in [4.78, 5) is 17.3. The molecular formula is C22H28N2O4S. The Hall–Kier alpha value is -2.41. The van der Waals surface area contributed by atoms with E-state index in [9.17, 15) is 4.79 Å². The second-order valence-corrected chi connectivity index (χ2v) is 8.07. The molecule has 3 rings (SSSR count). The number of methoxy groups -OCH3 is 1. The molecule has 6 nitrogen and oxygen atoms in total. The highest BCUT2D eigenvalue weighted by Gasteiger charge is 2.23. The van der Waals surface area contributed by atoms with E-state index >= 15 is 0 Å². The predicted octanol–water partition coefficient (Wildman–Crippen LogP) is 4.00. The molecule has 7 heteroatoms. The monoisotopic (exact) mass is 416 g/mol. The van der Waals surface area contributed by atoms with Crippen molar-refractivity contribution in [1.82, 2.24) is 4.57 Å². The van der Waals surface area contributed by atoms with Crippen molar-refractivity contribution in [3.63, 3.8) is 0 Å². The molecule has 1 fully saturated rings. The zero-order valence-corrected chi connectivity index (χ0v) is 18.3. The van der Waals surface area contributed by atoms with Gasteiger partial charge < -0.3 is 18.9 Å². The maximum absolute atomic E-state index is 11.8. The van der Waals surface area contributed by atoms with Crippen LogP contribution in [0.3, 0.4) is 0 Å². The summed E-state index contributed by atoms with van der Waals surface area (Å²) in [5.41, 5.74) is 3.43. The van der Waals surface area contributed by atoms with Gasteiger partial charge in [-0.25, -0.2) is 0 Å². The molecule has 0 atom stereocenters. The van der Waals surface area contributed by atoms with E-state index in [2.05, 4.69) is 9.72 Å². The molecule has 2 aromatic rings. The highest BCUT2D eigenvalue weighted by molar-refractivity contribution is 7.98. The van der Waals surface area contributed by atoms with Gasteiger partial charge >= 0.3 is 0 Å². The fraction of sp³-hybridized carbons (Fsp3) is 0.455. The van der Waals surface area contributed by atoms with Gasteiger partial charge in [-0.3, -0.25) is 4.79 Å². The van der Waals surface area contributed by atoms with E-state index in [1.165, 1.54) is 12.8 Å². The largest absolute Gasteiger partial charge is 0.493 e. The van der Waals surface area contributed by atoms with E-state index in [0.717, 1.165) is 22.7 Å². The lowest BCUT2D eigenvalue weighted by molar-refractivity contribution is 0.196. The van der Waals surface area contributed by atoms with Gasteiger partial charge in [0.2, 0.25) is 0 Å². The number of oxime groups is 1. The van der Waals surface area contributed by atoms with Crippen LogP contribution < -0.4 is 14.9 Å². The van der Waals surface area contributed by atoms with E-state index in [4.69, 9.17) is 14.3 Å². The first kappa shape index (κ1) is 21.3. The maximum atomic E-state index is 11.8. The topological polar surface area (TPSA) is 62.1 Å². The number of hydrogen-bond acceptors (Lipinski definition) is 6. The Morgan fingerprint density at radius 3 is 2.52 bits per heavy atom. The number of ether oxygens (including phenoxy) is 2. The standard InChI is InChI=1S/C22H28N2O4S/c1-15-9-19(25)10-16(2)24(15)12-20(23-28-14-29-4)18-7-8-21(26-3)22(11-18)27-13-17-5-6-17/h7-11,17H,5-6,12-14H2,1-4H3. The normalized spacial score (nSPS) is 14.0. The first-order chi connectivity index (χ1) is 14.0. The fourth-order valence-electron chi connectivity index (χ4n) is 3.08. The molecule has 1 heterocycles. The summed E-state index contributed by atoms with van der Waals surface area (Å²) in [6, 6.07) is 9.07. The van der Waals surface area contributed by atoms with Crippen LogP contribution in [0.4, 0.5) is 0 Å². The van der Waals surface area contributed by atoms with Crippen LogP contribution in [-0.2, 0) is 11.4 Å². The van der Waals surface area contributed by atoms with Gasteiger partial charge in [0.1, 0.15) is 5.71 Å². The average Bonchev–Trinajstić information content (AvgIpc) is 3.52. The van der Waals surface area contributed by atoms with E-state index in [1.54, 1.807) is 31.0 Å². The minimum Gasteiger partial charge on any atom is -0.493 e. The summed E-state index contributed by atoms with van der Waals surface area (Å²) in [6.07, 6.45) is 4.41. The van der Waals surface area contributed by atoms with E-state index in [0.29, 0.717) is 36.5 Å². The van der Waals surface area contributed by atoms with Crippen LogP contribution in [0, 0.1) is 19.8 Å². The van der Waals surface area contributed by atoms with Crippen molar-refractivity contribution in [1.29, 1.82) is 0 Å². The van der Waals surface area contributed by atoms with Crippen LogP contribution in [0.25, 0.3) is 0 Å². The zero-order chi connectivity index (χ0) is 20.8. The van der Waals surface area contributed by atoms with Gasteiger partial charge in [0, 0.05) is 29.1 Å². The number of aryl methyl sites for hydroxylation is 2. The summed E-state index contributed by atoms with van der Waals surface area (Å²) in [6.45, 7) is 5.04. The summed E-state index contributed by atoms with van der Waals surface area (Å²) in [7, 11) is 1.64. The number of nitrogens with zero attached hydrogens (tertiary/aromatic N) is 2. The summed E-state index contributed by atoms with van der Waals surface area (Å²) < 4.78 is 13.5. The lowest BCUT2D eigenvalue weighted by atomic mass is 10.1. The fourth-order valence-corrected chi connectivity index (χ4v) is 3.24. The molecule has 1 aliphatic carbocycles. The summed E-state index contributed by atoms with van der Waals surface area (Å²) in [5.74, 6) is 2.53. The van der Waals surface area contributed by atoms with Crippen molar-refractivity contribution in [2.75, 3.05) is 25.9 Å². The van der Waals surface area contributed by atoms with Gasteiger partial charge in [0.15, 0.2) is 22.9 Å². The minimum atomic E-state index is 0.00795. The number of aromatic nitrogens is 1. The van der Waals surface area contributed by atoms with Crippen molar-refractivity contribution < 1.29 is 14.3 Å². The highest BCUT2D eigenvalue weighted by atomic mass is 32.2. The first-order valence-corrected chi connectivity index (χ1v) is 11.1. The molecule has 0 radical (unpaired) electrons. The van der Waals surface area contributed by atoms with E-state index in [-0.39, 0.29) is 5.43 Å². The number of rotatable bonds is 10. The molecule has 1 aromatic heterocycles. The Bertz CT molecular complexity index is 909. The molecule has 1 saturated carbocycles. The van der Waals surface area contributed by atoms with Gasteiger partial charge in [0.05, 0.1) is 20.3 Å². The molecule has 0 amide bonds. The SMILES string of the molecule is COc1ccc(C(Cn2c(C)cc(=O)cc2C)=NOCSC)cc1OCC1CC1. The Kier molecular flexibility index (Phi) is 7.25. The Labute approximate surface area is 175 Å². The number of hydrogen-bond donors (Lipinski definition) is 0. The maximum Gasteiger partial charge on any atom is 0.182 e. The van der Waals surface area contributed by atoms with E-state index < -0.39 is 0 Å². The molecule has 0 bridgehead atoms. The molecule has 0 N–H and O–H groups in total. The van der Waals surface area contributed by atoms with Crippen molar-refractivity contribution in [3.8, 4) is 11.5 Å². The van der Waals surface area contributed by atoms with Crippen LogP contribution in [0.2, 0.25) is 0 Å². The van der Waals surface area contributed by atoms with Crippen LogP contribution in [0.15, 0.2) is 40.3 Å². The van der Waals surface area contributed by atoms with Crippen molar-refractivity contribution in [2.24, 2.45) is 11.1 Å². The third-order valence-corrected chi connectivity index (χ3v) is 5.22. The second-order valence-electron chi connectivity index (χ2n) is 7.25. The van der Waals surface area contributed by atoms with Gasteiger partial charge in [-0.05, 0) is 57.1 Å². The molecule has 0 unspecified atom stereocenters. The van der Waals surface area contributed by atoms with Gasteiger partial charge in [-0.15, -0.1) is 11.8 Å². The molecule has 1 aromatic carbocycles. The highest BCUT2D eigenvalue weighted by Crippen LogP contribution is 2.33. The third kappa shape index (κ3) is 5.79. The van der Waals surface area contributed by atoms with Crippen LogP contribution in [0.1, 0.15) is 29.8 Å². The lowest BCUT2D eigenvalue weighted by Crippen LogP contribution is -2.19. The number of benzene rings is 1. The van der Waals surface area contributed by atoms with Crippen LogP contribution in [0.5, 0.6) is 11.5 Å². The summed E-state index contributed by atoms with van der Waals surface area (Å²) >= 11 is 1.56. The molecule has 0 aliphatic heterocycles. The summed E-state index contributed by atoms with van der Waals surface area (Å²) in [5, 5.41) is 4.39. The number of pyridine rings is 1. The number of thioether (sulfide) groups is 1. The Morgan fingerprint density at radius 1 is 1.17 bits per heavy atom. The quantitative estimate of drug-likeness (QED) is 0.254. The lowest BCUT2D eigenvalue weighted by Gasteiger charge is -2.17. The van der Waals surface area contributed by atoms with Crippen LogP contribution >= 0.6 is 11.8 Å². The molecule has 0 saturated heterocycles. The first-order valence-electron chi connectivity index (χ1n) is 9.69. The third-order valence-electron chi connectivity index (χ3n) is 4.88. The average molecular weight is 417 g/mol. The van der Waals surface area contributed by atoms with Crippen LogP contribution in [-0.4, -0.2) is 36.2 Å². The minimum absolute atomic E-state index is 0.00795. The molecule has 1 aliphatic rings. The van der Waals surface area contributed by atoms with Crippen molar-refractivity contribution >= 4 is 17.5 Å². The molecule has 156 valence electrons. The Morgan fingerprint density at radius 2 is 1.90 bits per heavy atom. The van der Waals surface area contributed by atoms with Crippen molar-refractivity contribution in [3.05, 3.63) is 57.5 Å².